The second-order valence-electron chi connectivity index (χ2n) is 5.30. The number of hydrogen-bond donors (Lipinski definition) is 1. The summed E-state index contributed by atoms with van der Waals surface area (Å²) in [4.78, 5) is 24.2. The topological polar surface area (TPSA) is 106 Å². The van der Waals surface area contributed by atoms with Crippen molar-refractivity contribution in [3.63, 3.8) is 0 Å². The van der Waals surface area contributed by atoms with Crippen LogP contribution in [0.25, 0.3) is 5.00 Å². The van der Waals surface area contributed by atoms with Crippen LogP contribution in [-0.2, 0) is 11.3 Å². The third kappa shape index (κ3) is 3.07. The van der Waals surface area contributed by atoms with Crippen molar-refractivity contribution >= 4 is 17.2 Å². The maximum absolute atomic E-state index is 12.1. The molecule has 0 aliphatic rings. The molecule has 0 aliphatic carbocycles. The number of nitrogens with one attached hydrogen (secondary N) is 1. The fourth-order valence-corrected chi connectivity index (χ4v) is 2.34. The van der Waals surface area contributed by atoms with Crippen LogP contribution in [0.2, 0.25) is 0 Å². The largest absolute Gasteiger partial charge is 0.369 e. The number of tetrazole rings is 1. The molecule has 0 spiro atoms. The van der Waals surface area contributed by atoms with Crippen LogP contribution < -0.4 is 11.0 Å². The summed E-state index contributed by atoms with van der Waals surface area (Å²) < 4.78 is 2.09. The Hall–Kier alpha value is -2.47. The molecular formula is C13H16N6O2S. The number of amides is 1. The Balaban J connectivity index is 2.14. The van der Waals surface area contributed by atoms with Gasteiger partial charge in [-0.25, -0.2) is 4.79 Å². The molecule has 0 saturated heterocycles. The lowest BCUT2D eigenvalue weighted by Crippen LogP contribution is -2.50. The van der Waals surface area contributed by atoms with Crippen molar-refractivity contribution < 1.29 is 4.79 Å². The van der Waals surface area contributed by atoms with Crippen LogP contribution in [0.3, 0.4) is 0 Å². The predicted molar refractivity (Wildman–Crippen MR) is 80.5 cm³/mol. The van der Waals surface area contributed by atoms with Gasteiger partial charge in [-0.05, 0) is 40.8 Å². The van der Waals surface area contributed by atoms with Gasteiger partial charge in [0.25, 0.3) is 0 Å². The summed E-state index contributed by atoms with van der Waals surface area (Å²) >= 11 is 1.34. The second kappa shape index (κ2) is 6.11. The van der Waals surface area contributed by atoms with Gasteiger partial charge in [0.05, 0.1) is 6.07 Å². The molecule has 0 saturated carbocycles. The van der Waals surface area contributed by atoms with Crippen molar-refractivity contribution in [3.8, 4) is 11.1 Å². The third-order valence-electron chi connectivity index (χ3n) is 3.43. The Bertz CT molecular complexity index is 754. The highest BCUT2D eigenvalue weighted by atomic mass is 32.1. The number of rotatable bonds is 5. The van der Waals surface area contributed by atoms with Gasteiger partial charge in [-0.1, -0.05) is 13.8 Å². The lowest BCUT2D eigenvalue weighted by molar-refractivity contribution is -0.123. The van der Waals surface area contributed by atoms with Crippen molar-refractivity contribution in [3.05, 3.63) is 28.0 Å². The molecule has 2 aromatic heterocycles. The Morgan fingerprint density at radius 2 is 2.27 bits per heavy atom. The molecule has 0 aliphatic heterocycles. The SMILES string of the molecule is CC(C)C(C)(C#N)NC(=O)Cn1nnn(-c2cccs2)c1=O. The highest BCUT2D eigenvalue weighted by Crippen LogP contribution is 2.15. The molecule has 1 N–H and O–H groups in total. The molecule has 2 heterocycles. The first-order valence-electron chi connectivity index (χ1n) is 6.66. The fraction of sp³-hybridized carbons (Fsp3) is 0.462. The van der Waals surface area contributed by atoms with E-state index in [9.17, 15) is 14.9 Å². The van der Waals surface area contributed by atoms with Gasteiger partial charge in [0.1, 0.15) is 17.1 Å². The Labute approximate surface area is 131 Å². The number of hydrogen-bond acceptors (Lipinski definition) is 6. The first-order chi connectivity index (χ1) is 10.4. The normalized spacial score (nSPS) is 13.6. The summed E-state index contributed by atoms with van der Waals surface area (Å²) in [6.45, 7) is 5.03. The van der Waals surface area contributed by atoms with Crippen LogP contribution in [0.1, 0.15) is 20.8 Å². The molecule has 1 amide bonds. The van der Waals surface area contributed by atoms with Crippen molar-refractivity contribution in [2.24, 2.45) is 5.92 Å². The molecule has 2 aromatic rings. The highest BCUT2D eigenvalue weighted by Gasteiger charge is 2.30. The minimum atomic E-state index is -0.996. The van der Waals surface area contributed by atoms with Crippen LogP contribution in [0.5, 0.6) is 0 Å². The smallest absolute Gasteiger partial charge is 0.336 e. The maximum atomic E-state index is 12.1. The third-order valence-corrected chi connectivity index (χ3v) is 4.28. The van der Waals surface area contributed by atoms with E-state index in [4.69, 9.17) is 0 Å². The molecule has 116 valence electrons. The number of thiophene rings is 1. The van der Waals surface area contributed by atoms with E-state index in [1.54, 1.807) is 19.1 Å². The Kier molecular flexibility index (Phi) is 4.42. The van der Waals surface area contributed by atoms with Crippen molar-refractivity contribution in [1.82, 2.24) is 25.1 Å². The van der Waals surface area contributed by atoms with Crippen LogP contribution in [-0.4, -0.2) is 31.2 Å². The zero-order valence-corrected chi connectivity index (χ0v) is 13.3. The van der Waals surface area contributed by atoms with Gasteiger partial charge >= 0.3 is 5.69 Å². The van der Waals surface area contributed by atoms with E-state index in [2.05, 4.69) is 21.8 Å². The van der Waals surface area contributed by atoms with Crippen LogP contribution >= 0.6 is 11.3 Å². The van der Waals surface area contributed by atoms with Gasteiger partial charge < -0.3 is 5.32 Å². The Morgan fingerprint density at radius 3 is 2.82 bits per heavy atom. The van der Waals surface area contributed by atoms with Crippen molar-refractivity contribution in [1.29, 1.82) is 5.26 Å². The quantitative estimate of drug-likeness (QED) is 0.866. The molecule has 9 heteroatoms. The highest BCUT2D eigenvalue weighted by molar-refractivity contribution is 7.12. The summed E-state index contributed by atoms with van der Waals surface area (Å²) in [5.41, 5.74) is -1.49. The average molecular weight is 320 g/mol. The van der Waals surface area contributed by atoms with E-state index in [0.717, 1.165) is 9.36 Å². The fourth-order valence-electron chi connectivity index (χ4n) is 1.67. The monoisotopic (exact) mass is 320 g/mol. The Morgan fingerprint density at radius 1 is 1.55 bits per heavy atom. The molecule has 0 radical (unpaired) electrons. The number of carbonyl (C=O) groups excluding carboxylic acids is 1. The van der Waals surface area contributed by atoms with E-state index in [-0.39, 0.29) is 12.5 Å². The summed E-state index contributed by atoms with van der Waals surface area (Å²) in [6.07, 6.45) is 0. The van der Waals surface area contributed by atoms with E-state index < -0.39 is 17.1 Å². The molecule has 8 nitrogen and oxygen atoms in total. The van der Waals surface area contributed by atoms with Crippen LogP contribution in [0.4, 0.5) is 0 Å². The van der Waals surface area contributed by atoms with Gasteiger partial charge in [0, 0.05) is 0 Å². The minimum Gasteiger partial charge on any atom is -0.336 e. The molecular weight excluding hydrogens is 304 g/mol. The van der Waals surface area contributed by atoms with Crippen molar-refractivity contribution in [2.45, 2.75) is 32.9 Å². The van der Waals surface area contributed by atoms with Gasteiger partial charge in [0.15, 0.2) is 0 Å². The number of nitrogens with zero attached hydrogens (tertiary/aromatic N) is 5. The maximum Gasteiger partial charge on any atom is 0.369 e. The number of carbonyl (C=O) groups is 1. The molecule has 1 atom stereocenters. The van der Waals surface area contributed by atoms with Gasteiger partial charge in [-0.2, -0.15) is 14.6 Å². The van der Waals surface area contributed by atoms with Gasteiger partial charge in [-0.15, -0.1) is 11.3 Å². The zero-order chi connectivity index (χ0) is 16.3. The molecule has 22 heavy (non-hydrogen) atoms. The average Bonchev–Trinajstić information content (AvgIpc) is 3.09. The number of nitriles is 1. The van der Waals surface area contributed by atoms with E-state index in [1.807, 2.05) is 19.2 Å². The van der Waals surface area contributed by atoms with E-state index in [1.165, 1.54) is 11.3 Å². The lowest BCUT2D eigenvalue weighted by Gasteiger charge is -2.27. The standard InChI is InChI=1S/C13H16N6O2S/c1-9(2)13(3,8-14)15-10(20)7-18-12(21)19(17-16-18)11-5-4-6-22-11/h4-6,9H,7H2,1-3H3,(H,15,20). The lowest BCUT2D eigenvalue weighted by atomic mass is 9.90. The molecule has 0 aromatic carbocycles. The first kappa shape index (κ1) is 15.9. The van der Waals surface area contributed by atoms with Crippen molar-refractivity contribution in [2.75, 3.05) is 0 Å². The molecule has 1 unspecified atom stereocenters. The van der Waals surface area contributed by atoms with Crippen LogP contribution in [0, 0.1) is 17.2 Å². The summed E-state index contributed by atoms with van der Waals surface area (Å²) in [6, 6.07) is 5.60. The first-order valence-corrected chi connectivity index (χ1v) is 7.54. The molecule has 2 rings (SSSR count). The van der Waals surface area contributed by atoms with E-state index >= 15 is 0 Å². The zero-order valence-electron chi connectivity index (χ0n) is 12.5. The minimum absolute atomic E-state index is 0.0695. The summed E-state index contributed by atoms with van der Waals surface area (Å²) in [5.74, 6) is -0.530. The second-order valence-corrected chi connectivity index (χ2v) is 6.23. The number of aromatic nitrogens is 4. The van der Waals surface area contributed by atoms with Gasteiger partial charge in [0.2, 0.25) is 5.91 Å². The van der Waals surface area contributed by atoms with Crippen LogP contribution in [0.15, 0.2) is 22.3 Å². The van der Waals surface area contributed by atoms with E-state index in [0.29, 0.717) is 5.00 Å². The summed E-state index contributed by atoms with van der Waals surface area (Å²) in [5, 5.41) is 21.7. The summed E-state index contributed by atoms with van der Waals surface area (Å²) in [7, 11) is 0. The van der Waals surface area contributed by atoms with Gasteiger partial charge in [-0.3, -0.25) is 4.79 Å². The molecule has 0 fully saturated rings. The predicted octanol–water partition coefficient (Wildman–Crippen LogP) is 0.545. The molecule has 0 bridgehead atoms.